The van der Waals surface area contributed by atoms with Gasteiger partial charge in [0.05, 0.1) is 18.8 Å². The summed E-state index contributed by atoms with van der Waals surface area (Å²) in [5.41, 5.74) is 0. The first-order chi connectivity index (χ1) is 8.15. The van der Waals surface area contributed by atoms with E-state index in [4.69, 9.17) is 9.47 Å². The minimum absolute atomic E-state index is 0.0785. The quantitative estimate of drug-likeness (QED) is 0.801. The number of carbonyl (C=O) groups is 1. The second kappa shape index (κ2) is 5.69. The maximum absolute atomic E-state index is 11.3. The van der Waals surface area contributed by atoms with E-state index in [1.54, 1.807) is 0 Å². The zero-order chi connectivity index (χ0) is 12.3. The van der Waals surface area contributed by atoms with E-state index in [-0.39, 0.29) is 18.3 Å². The molecule has 2 fully saturated rings. The van der Waals surface area contributed by atoms with E-state index < -0.39 is 0 Å². The number of ether oxygens (including phenoxy) is 2. The maximum Gasteiger partial charge on any atom is 0.407 e. The van der Waals surface area contributed by atoms with Crippen LogP contribution in [0.2, 0.25) is 0 Å². The molecule has 0 aromatic heterocycles. The van der Waals surface area contributed by atoms with Crippen molar-refractivity contribution in [3.8, 4) is 0 Å². The van der Waals surface area contributed by atoms with E-state index in [0.29, 0.717) is 12.6 Å². The third-order valence-corrected chi connectivity index (χ3v) is 3.28. The zero-order valence-corrected chi connectivity index (χ0v) is 10.6. The van der Waals surface area contributed by atoms with Crippen LogP contribution in [0.5, 0.6) is 0 Å². The molecule has 0 bridgehead atoms. The Hall–Kier alpha value is -0.810. The highest BCUT2D eigenvalue weighted by atomic mass is 16.6. The number of rotatable bonds is 3. The van der Waals surface area contributed by atoms with Crippen LogP contribution in [0, 0.1) is 0 Å². The first-order valence-corrected chi connectivity index (χ1v) is 6.45. The predicted octanol–water partition coefficient (Wildman–Crippen LogP) is 0.984. The molecule has 5 heteroatoms. The van der Waals surface area contributed by atoms with Gasteiger partial charge in [0.15, 0.2) is 0 Å². The SMILES string of the molecule is CC(C)OC(=O)NCC1CN2CCCC2CO1. The number of hydrogen-bond acceptors (Lipinski definition) is 4. The van der Waals surface area contributed by atoms with Gasteiger partial charge in [0, 0.05) is 19.1 Å². The van der Waals surface area contributed by atoms with Crippen LogP contribution in [0.15, 0.2) is 0 Å². The van der Waals surface area contributed by atoms with Crippen LogP contribution in [-0.4, -0.2) is 55.5 Å². The average molecular weight is 242 g/mol. The summed E-state index contributed by atoms with van der Waals surface area (Å²) >= 11 is 0. The molecule has 2 saturated heterocycles. The molecule has 98 valence electrons. The molecule has 2 rings (SSSR count). The molecule has 1 N–H and O–H groups in total. The number of hydrogen-bond donors (Lipinski definition) is 1. The highest BCUT2D eigenvalue weighted by Crippen LogP contribution is 2.22. The summed E-state index contributed by atoms with van der Waals surface area (Å²) in [6.45, 7) is 7.10. The summed E-state index contributed by atoms with van der Waals surface area (Å²) in [5, 5.41) is 2.75. The van der Waals surface area contributed by atoms with E-state index in [2.05, 4.69) is 10.2 Å². The topological polar surface area (TPSA) is 50.8 Å². The van der Waals surface area contributed by atoms with Gasteiger partial charge in [-0.3, -0.25) is 4.90 Å². The first-order valence-electron chi connectivity index (χ1n) is 6.45. The molecule has 17 heavy (non-hydrogen) atoms. The average Bonchev–Trinajstić information content (AvgIpc) is 2.72. The smallest absolute Gasteiger partial charge is 0.407 e. The fraction of sp³-hybridized carbons (Fsp3) is 0.917. The maximum atomic E-state index is 11.3. The Morgan fingerprint density at radius 3 is 3.18 bits per heavy atom. The minimum Gasteiger partial charge on any atom is -0.447 e. The Kier molecular flexibility index (Phi) is 4.23. The highest BCUT2D eigenvalue weighted by molar-refractivity contribution is 5.67. The van der Waals surface area contributed by atoms with Crippen molar-refractivity contribution in [2.75, 3.05) is 26.2 Å². The van der Waals surface area contributed by atoms with Crippen molar-refractivity contribution in [3.05, 3.63) is 0 Å². The van der Waals surface area contributed by atoms with Gasteiger partial charge >= 0.3 is 6.09 Å². The van der Waals surface area contributed by atoms with E-state index in [1.165, 1.54) is 19.4 Å². The van der Waals surface area contributed by atoms with E-state index in [0.717, 1.165) is 13.2 Å². The highest BCUT2D eigenvalue weighted by Gasteiger charge is 2.32. The molecule has 0 aromatic rings. The van der Waals surface area contributed by atoms with Crippen LogP contribution in [-0.2, 0) is 9.47 Å². The van der Waals surface area contributed by atoms with Crippen LogP contribution >= 0.6 is 0 Å². The number of amides is 1. The molecule has 0 saturated carbocycles. The fourth-order valence-electron chi connectivity index (χ4n) is 2.46. The number of nitrogens with one attached hydrogen (secondary N) is 1. The monoisotopic (exact) mass is 242 g/mol. The molecule has 0 aliphatic carbocycles. The van der Waals surface area contributed by atoms with Crippen LogP contribution in [0.25, 0.3) is 0 Å². The molecule has 0 radical (unpaired) electrons. The van der Waals surface area contributed by atoms with Crippen molar-refractivity contribution in [2.24, 2.45) is 0 Å². The summed E-state index contributed by atoms with van der Waals surface area (Å²) in [6, 6.07) is 0.605. The third kappa shape index (κ3) is 3.57. The van der Waals surface area contributed by atoms with Crippen LogP contribution in [0.4, 0.5) is 4.79 Å². The van der Waals surface area contributed by atoms with Gasteiger partial charge in [-0.2, -0.15) is 0 Å². The van der Waals surface area contributed by atoms with Crippen molar-refractivity contribution in [1.82, 2.24) is 10.2 Å². The summed E-state index contributed by atoms with van der Waals surface area (Å²) in [6.07, 6.45) is 2.18. The number of carbonyl (C=O) groups excluding carboxylic acids is 1. The lowest BCUT2D eigenvalue weighted by molar-refractivity contribution is -0.0468. The molecule has 2 unspecified atom stereocenters. The van der Waals surface area contributed by atoms with Gasteiger partial charge in [-0.1, -0.05) is 0 Å². The first kappa shape index (κ1) is 12.6. The number of morpholine rings is 1. The summed E-state index contributed by atoms with van der Waals surface area (Å²) in [4.78, 5) is 13.8. The van der Waals surface area contributed by atoms with Crippen molar-refractivity contribution < 1.29 is 14.3 Å². The fourth-order valence-corrected chi connectivity index (χ4v) is 2.46. The number of alkyl carbamates (subject to hydrolysis) is 1. The lowest BCUT2D eigenvalue weighted by atomic mass is 10.2. The second-order valence-electron chi connectivity index (χ2n) is 5.08. The Labute approximate surface area is 102 Å². The molecule has 2 aliphatic heterocycles. The molecule has 1 amide bonds. The lowest BCUT2D eigenvalue weighted by Crippen LogP contribution is -2.50. The summed E-state index contributed by atoms with van der Waals surface area (Å²) < 4.78 is 10.7. The molecule has 0 aromatic carbocycles. The third-order valence-electron chi connectivity index (χ3n) is 3.28. The molecule has 2 heterocycles. The lowest BCUT2D eigenvalue weighted by Gasteiger charge is -2.35. The molecule has 0 spiro atoms. The molecular formula is C12H22N2O3. The molecule has 5 nitrogen and oxygen atoms in total. The Morgan fingerprint density at radius 1 is 1.59 bits per heavy atom. The summed E-state index contributed by atoms with van der Waals surface area (Å²) in [5.74, 6) is 0. The van der Waals surface area contributed by atoms with Crippen LogP contribution in [0.3, 0.4) is 0 Å². The van der Waals surface area contributed by atoms with E-state index >= 15 is 0 Å². The van der Waals surface area contributed by atoms with Crippen molar-refractivity contribution >= 4 is 6.09 Å². The van der Waals surface area contributed by atoms with Gasteiger partial charge in [-0.05, 0) is 33.2 Å². The Morgan fingerprint density at radius 2 is 2.41 bits per heavy atom. The van der Waals surface area contributed by atoms with Gasteiger partial charge < -0.3 is 14.8 Å². The van der Waals surface area contributed by atoms with Gasteiger partial charge in [-0.25, -0.2) is 4.79 Å². The predicted molar refractivity (Wildman–Crippen MR) is 64.0 cm³/mol. The van der Waals surface area contributed by atoms with Crippen molar-refractivity contribution in [3.63, 3.8) is 0 Å². The second-order valence-corrected chi connectivity index (χ2v) is 5.08. The molecule has 2 atom stereocenters. The number of fused-ring (bicyclic) bond motifs is 1. The van der Waals surface area contributed by atoms with Gasteiger partial charge in [0.1, 0.15) is 0 Å². The van der Waals surface area contributed by atoms with Crippen molar-refractivity contribution in [1.29, 1.82) is 0 Å². The van der Waals surface area contributed by atoms with Crippen molar-refractivity contribution in [2.45, 2.75) is 44.9 Å². The Bertz CT molecular complexity index is 270. The van der Waals surface area contributed by atoms with Crippen LogP contribution < -0.4 is 5.32 Å². The molecular weight excluding hydrogens is 220 g/mol. The summed E-state index contributed by atoms with van der Waals surface area (Å²) in [7, 11) is 0. The van der Waals surface area contributed by atoms with E-state index in [1.807, 2.05) is 13.8 Å². The largest absolute Gasteiger partial charge is 0.447 e. The number of nitrogens with zero attached hydrogens (tertiary/aromatic N) is 1. The zero-order valence-electron chi connectivity index (χ0n) is 10.6. The van der Waals surface area contributed by atoms with Gasteiger partial charge in [0.2, 0.25) is 0 Å². The van der Waals surface area contributed by atoms with Gasteiger partial charge in [0.25, 0.3) is 0 Å². The standard InChI is InChI=1S/C12H22N2O3/c1-9(2)17-12(15)13-6-11-7-14-5-3-4-10(14)8-16-11/h9-11H,3-8H2,1-2H3,(H,13,15). The Balaban J connectivity index is 1.68. The van der Waals surface area contributed by atoms with Crippen LogP contribution in [0.1, 0.15) is 26.7 Å². The molecule has 2 aliphatic rings. The normalized spacial score (nSPS) is 29.1. The van der Waals surface area contributed by atoms with E-state index in [9.17, 15) is 4.79 Å². The minimum atomic E-state index is -0.354. The van der Waals surface area contributed by atoms with Gasteiger partial charge in [-0.15, -0.1) is 0 Å².